The van der Waals surface area contributed by atoms with Gasteiger partial charge in [-0.1, -0.05) is 30.3 Å². The summed E-state index contributed by atoms with van der Waals surface area (Å²) in [5.41, 5.74) is 7.08. The minimum absolute atomic E-state index is 0.227. The number of aromatic nitrogens is 2. The summed E-state index contributed by atoms with van der Waals surface area (Å²) in [7, 11) is 0. The van der Waals surface area contributed by atoms with E-state index in [1.807, 2.05) is 30.3 Å². The monoisotopic (exact) mass is 243 g/mol. The van der Waals surface area contributed by atoms with Crippen LogP contribution in [0.4, 0.5) is 0 Å². The lowest BCUT2D eigenvalue weighted by Crippen LogP contribution is -2.32. The van der Waals surface area contributed by atoms with Crippen molar-refractivity contribution in [2.75, 3.05) is 0 Å². The molecule has 3 N–H and O–H groups in total. The molecule has 1 aromatic carbocycles. The van der Waals surface area contributed by atoms with E-state index in [9.17, 15) is 4.79 Å². The van der Waals surface area contributed by atoms with Crippen molar-refractivity contribution < 1.29 is 9.90 Å². The van der Waals surface area contributed by atoms with Crippen LogP contribution in [0.5, 0.6) is 0 Å². The van der Waals surface area contributed by atoms with Crippen molar-refractivity contribution >= 4 is 5.97 Å². The summed E-state index contributed by atoms with van der Waals surface area (Å²) >= 11 is 0. The molecule has 0 radical (unpaired) electrons. The van der Waals surface area contributed by atoms with E-state index in [0.29, 0.717) is 11.4 Å². The Labute approximate surface area is 104 Å². The van der Waals surface area contributed by atoms with Crippen LogP contribution in [0, 0.1) is 0 Å². The van der Waals surface area contributed by atoms with Crippen LogP contribution in [-0.4, -0.2) is 27.1 Å². The first-order valence-corrected chi connectivity index (χ1v) is 5.51. The van der Waals surface area contributed by atoms with Crippen molar-refractivity contribution in [3.63, 3.8) is 0 Å². The Balaban J connectivity index is 2.13. The van der Waals surface area contributed by atoms with Crippen LogP contribution >= 0.6 is 0 Å². The normalized spacial score (nSPS) is 12.1. The van der Waals surface area contributed by atoms with E-state index >= 15 is 0 Å². The van der Waals surface area contributed by atoms with E-state index < -0.39 is 12.0 Å². The second kappa shape index (κ2) is 5.37. The molecule has 0 aliphatic carbocycles. The number of nitrogens with zero attached hydrogens (tertiary/aromatic N) is 2. The molecule has 2 aromatic rings. The van der Waals surface area contributed by atoms with Crippen molar-refractivity contribution in [2.24, 2.45) is 5.73 Å². The van der Waals surface area contributed by atoms with Gasteiger partial charge in [-0.25, -0.2) is 9.97 Å². The molecule has 0 aliphatic rings. The molecule has 1 heterocycles. The summed E-state index contributed by atoms with van der Waals surface area (Å²) in [6, 6.07) is 8.65. The van der Waals surface area contributed by atoms with Crippen molar-refractivity contribution in [1.29, 1.82) is 0 Å². The Bertz CT molecular complexity index is 526. The van der Waals surface area contributed by atoms with E-state index in [1.54, 1.807) is 12.4 Å². The molecule has 0 bridgehead atoms. The van der Waals surface area contributed by atoms with Gasteiger partial charge >= 0.3 is 5.97 Å². The van der Waals surface area contributed by atoms with Gasteiger partial charge in [-0.15, -0.1) is 0 Å². The lowest BCUT2D eigenvalue weighted by Gasteiger charge is -2.06. The molecule has 2 rings (SSSR count). The second-order valence-corrected chi connectivity index (χ2v) is 3.93. The van der Waals surface area contributed by atoms with Crippen LogP contribution in [0.2, 0.25) is 0 Å². The second-order valence-electron chi connectivity index (χ2n) is 3.93. The highest BCUT2D eigenvalue weighted by Gasteiger charge is 2.12. The molecule has 18 heavy (non-hydrogen) atoms. The molecule has 0 unspecified atom stereocenters. The van der Waals surface area contributed by atoms with E-state index in [-0.39, 0.29) is 6.42 Å². The molecular formula is C13H13N3O2. The zero-order valence-corrected chi connectivity index (χ0v) is 9.65. The number of aliphatic carboxylic acids is 1. The van der Waals surface area contributed by atoms with E-state index in [1.165, 1.54) is 0 Å². The van der Waals surface area contributed by atoms with E-state index in [0.717, 1.165) is 5.56 Å². The summed E-state index contributed by atoms with van der Waals surface area (Å²) in [4.78, 5) is 19.0. The number of benzene rings is 1. The Morgan fingerprint density at radius 1 is 1.22 bits per heavy atom. The quantitative estimate of drug-likeness (QED) is 0.839. The molecule has 1 aromatic heterocycles. The van der Waals surface area contributed by atoms with E-state index in [4.69, 9.17) is 10.8 Å². The van der Waals surface area contributed by atoms with Gasteiger partial charge in [0.25, 0.3) is 0 Å². The third-order valence-corrected chi connectivity index (χ3v) is 2.51. The topological polar surface area (TPSA) is 89.1 Å². The predicted molar refractivity (Wildman–Crippen MR) is 66.8 cm³/mol. The summed E-state index contributed by atoms with van der Waals surface area (Å²) in [6.45, 7) is 0. The van der Waals surface area contributed by atoms with Crippen molar-refractivity contribution in [1.82, 2.24) is 9.97 Å². The minimum atomic E-state index is -1.03. The fraction of sp³-hybridized carbons (Fsp3) is 0.154. The van der Waals surface area contributed by atoms with Crippen LogP contribution in [0.15, 0.2) is 42.7 Å². The molecule has 5 nitrogen and oxygen atoms in total. The minimum Gasteiger partial charge on any atom is -0.480 e. The first-order chi connectivity index (χ1) is 8.66. The van der Waals surface area contributed by atoms with Gasteiger partial charge in [0, 0.05) is 24.4 Å². The Kier molecular flexibility index (Phi) is 3.64. The number of carboxylic acids is 1. The zero-order valence-electron chi connectivity index (χ0n) is 9.65. The number of rotatable bonds is 4. The molecule has 0 saturated heterocycles. The molecule has 0 aliphatic heterocycles. The fourth-order valence-corrected chi connectivity index (χ4v) is 1.54. The lowest BCUT2D eigenvalue weighted by atomic mass is 10.1. The SMILES string of the molecule is N[C@H](Cc1cnc(-c2ccccc2)nc1)C(=O)O. The van der Waals surface area contributed by atoms with Crippen molar-refractivity contribution in [3.8, 4) is 11.4 Å². The third kappa shape index (κ3) is 2.89. The molecule has 0 spiro atoms. The molecule has 5 heteroatoms. The fourth-order valence-electron chi connectivity index (χ4n) is 1.54. The van der Waals surface area contributed by atoms with Crippen LogP contribution in [0.25, 0.3) is 11.4 Å². The maximum Gasteiger partial charge on any atom is 0.320 e. The van der Waals surface area contributed by atoms with Gasteiger partial charge in [0.15, 0.2) is 5.82 Å². The van der Waals surface area contributed by atoms with Gasteiger partial charge in [0.2, 0.25) is 0 Å². The molecule has 0 saturated carbocycles. The summed E-state index contributed by atoms with van der Waals surface area (Å²) in [5, 5.41) is 8.71. The van der Waals surface area contributed by atoms with Gasteiger partial charge in [0.05, 0.1) is 0 Å². The Morgan fingerprint density at radius 2 is 1.83 bits per heavy atom. The molecular weight excluding hydrogens is 230 g/mol. The Morgan fingerprint density at radius 3 is 2.39 bits per heavy atom. The highest BCUT2D eigenvalue weighted by molar-refractivity contribution is 5.73. The largest absolute Gasteiger partial charge is 0.480 e. The first-order valence-electron chi connectivity index (χ1n) is 5.51. The van der Waals surface area contributed by atoms with Crippen LogP contribution in [-0.2, 0) is 11.2 Å². The highest BCUT2D eigenvalue weighted by atomic mass is 16.4. The third-order valence-electron chi connectivity index (χ3n) is 2.51. The molecule has 0 fully saturated rings. The van der Waals surface area contributed by atoms with Crippen molar-refractivity contribution in [3.05, 3.63) is 48.3 Å². The molecule has 1 atom stereocenters. The number of carboxylic acid groups (broad SMARTS) is 1. The van der Waals surface area contributed by atoms with Gasteiger partial charge in [-0.05, 0) is 5.56 Å². The molecule has 0 amide bonds. The standard InChI is InChI=1S/C13H13N3O2/c14-11(13(17)18)6-9-7-15-12(16-8-9)10-4-2-1-3-5-10/h1-5,7-8,11H,6,14H2,(H,17,18)/t11-/m1/s1. The van der Waals surface area contributed by atoms with Gasteiger partial charge < -0.3 is 10.8 Å². The smallest absolute Gasteiger partial charge is 0.320 e. The average Bonchev–Trinajstić information content (AvgIpc) is 2.40. The Hall–Kier alpha value is -2.27. The van der Waals surface area contributed by atoms with Crippen molar-refractivity contribution in [2.45, 2.75) is 12.5 Å². The van der Waals surface area contributed by atoms with Crippen LogP contribution in [0.1, 0.15) is 5.56 Å². The number of nitrogens with two attached hydrogens (primary N) is 1. The summed E-state index contributed by atoms with van der Waals surface area (Å²) < 4.78 is 0. The lowest BCUT2D eigenvalue weighted by molar-refractivity contribution is -0.138. The summed E-state index contributed by atoms with van der Waals surface area (Å²) in [5.74, 6) is -0.412. The highest BCUT2D eigenvalue weighted by Crippen LogP contribution is 2.13. The maximum absolute atomic E-state index is 10.6. The molecule has 92 valence electrons. The number of hydrogen-bond acceptors (Lipinski definition) is 4. The van der Waals surface area contributed by atoms with Gasteiger partial charge in [0.1, 0.15) is 6.04 Å². The number of hydrogen-bond donors (Lipinski definition) is 2. The van der Waals surface area contributed by atoms with Gasteiger partial charge in [-0.3, -0.25) is 4.79 Å². The average molecular weight is 243 g/mol. The maximum atomic E-state index is 10.6. The van der Waals surface area contributed by atoms with E-state index in [2.05, 4.69) is 9.97 Å². The van der Waals surface area contributed by atoms with Crippen LogP contribution < -0.4 is 5.73 Å². The first kappa shape index (κ1) is 12.2. The number of carbonyl (C=O) groups is 1. The summed E-state index contributed by atoms with van der Waals surface area (Å²) in [6.07, 6.45) is 3.45. The zero-order chi connectivity index (χ0) is 13.0. The van der Waals surface area contributed by atoms with Gasteiger partial charge in [-0.2, -0.15) is 0 Å². The predicted octanol–water partition coefficient (Wildman–Crippen LogP) is 1.10. The van der Waals surface area contributed by atoms with Crippen LogP contribution in [0.3, 0.4) is 0 Å².